The number of anilines is 2. The summed E-state index contributed by atoms with van der Waals surface area (Å²) in [4.78, 5) is 41.3. The lowest BCUT2D eigenvalue weighted by atomic mass is 10.1. The molecule has 0 aliphatic heterocycles. The van der Waals surface area contributed by atoms with E-state index in [9.17, 15) is 18.8 Å². The first-order chi connectivity index (χ1) is 16.2. The predicted octanol–water partition coefficient (Wildman–Crippen LogP) is 2.87. The number of carbonyl (C=O) groups is 1. The third-order valence-electron chi connectivity index (χ3n) is 4.97. The number of nitrogen functional groups attached to an aromatic ring is 1. The van der Waals surface area contributed by atoms with E-state index in [0.717, 1.165) is 4.90 Å². The van der Waals surface area contributed by atoms with Gasteiger partial charge in [-0.15, -0.1) is 0 Å². The number of nitrogens with two attached hydrogens (primary N) is 1. The van der Waals surface area contributed by atoms with Crippen LogP contribution in [0.25, 0.3) is 17.4 Å². The van der Waals surface area contributed by atoms with E-state index in [2.05, 4.69) is 4.98 Å². The molecule has 10 heteroatoms. The van der Waals surface area contributed by atoms with E-state index < -0.39 is 23.0 Å². The molecular weight excluding hydrogens is 443 g/mol. The fourth-order valence-corrected chi connectivity index (χ4v) is 3.39. The number of methoxy groups -OCH3 is 1. The zero-order valence-electron chi connectivity index (χ0n) is 19.2. The van der Waals surface area contributed by atoms with Crippen LogP contribution in [0.3, 0.4) is 0 Å². The molecule has 180 valence electrons. The molecule has 0 saturated carbocycles. The average Bonchev–Trinajstić information content (AvgIpc) is 3.26. The Morgan fingerprint density at radius 3 is 2.68 bits per heavy atom. The quantitative estimate of drug-likeness (QED) is 0.464. The molecule has 1 amide bonds. The lowest BCUT2D eigenvalue weighted by Crippen LogP contribution is -2.42. The first-order valence-corrected chi connectivity index (χ1v) is 10.7. The number of benzene rings is 1. The van der Waals surface area contributed by atoms with Crippen molar-refractivity contribution in [3.05, 3.63) is 74.9 Å². The molecule has 0 atom stereocenters. The summed E-state index contributed by atoms with van der Waals surface area (Å²) in [7, 11) is 1.46. The highest BCUT2D eigenvalue weighted by molar-refractivity contribution is 6.05. The highest BCUT2D eigenvalue weighted by Gasteiger charge is 2.23. The van der Waals surface area contributed by atoms with Crippen LogP contribution in [0.5, 0.6) is 0 Å². The topological polar surface area (TPSA) is 124 Å². The van der Waals surface area contributed by atoms with Crippen LogP contribution in [0.4, 0.5) is 15.9 Å². The summed E-state index contributed by atoms with van der Waals surface area (Å²) >= 11 is 0. The maximum atomic E-state index is 14.0. The molecule has 0 radical (unpaired) electrons. The number of amides is 1. The molecule has 3 rings (SSSR count). The normalized spacial score (nSPS) is 11.4. The summed E-state index contributed by atoms with van der Waals surface area (Å²) < 4.78 is 25.9. The molecule has 34 heavy (non-hydrogen) atoms. The van der Waals surface area contributed by atoms with Crippen LogP contribution in [-0.4, -0.2) is 35.7 Å². The number of ether oxygens (including phenoxy) is 1. The number of nitrogens with zero attached hydrogens (tertiary/aromatic N) is 2. The Balaban J connectivity index is 1.93. The van der Waals surface area contributed by atoms with E-state index >= 15 is 0 Å². The van der Waals surface area contributed by atoms with E-state index in [-0.39, 0.29) is 37.1 Å². The lowest BCUT2D eigenvalue weighted by Gasteiger charge is -2.23. The number of aromatic nitrogens is 2. The van der Waals surface area contributed by atoms with Gasteiger partial charge in [0.05, 0.1) is 12.2 Å². The first kappa shape index (κ1) is 24.7. The van der Waals surface area contributed by atoms with Gasteiger partial charge in [-0.25, -0.2) is 9.18 Å². The second-order valence-corrected chi connectivity index (χ2v) is 8.00. The number of furan rings is 1. The standard InChI is InChI=1S/C24H27FN4O5/c1-15(2)14-29-22(26)21(23(31)27-24(29)32)28(12-13-33-3)20(30)11-9-16-8-10-19(34-16)17-6-4-5-7-18(17)25/h4-11,15H,12-14,26H2,1-3H3,(H,27,31,32)/b11-9+. The summed E-state index contributed by atoms with van der Waals surface area (Å²) in [6.07, 6.45) is 2.61. The Hall–Kier alpha value is -3.92. The van der Waals surface area contributed by atoms with Crippen molar-refractivity contribution in [1.29, 1.82) is 0 Å². The number of aromatic amines is 1. The van der Waals surface area contributed by atoms with E-state index in [1.165, 1.54) is 29.9 Å². The van der Waals surface area contributed by atoms with Crippen molar-refractivity contribution in [2.24, 2.45) is 5.92 Å². The van der Waals surface area contributed by atoms with Crippen LogP contribution < -0.4 is 21.9 Å². The van der Waals surface area contributed by atoms with Crippen LogP contribution >= 0.6 is 0 Å². The summed E-state index contributed by atoms with van der Waals surface area (Å²) in [5.74, 6) is -0.425. The molecule has 3 N–H and O–H groups in total. The molecule has 2 heterocycles. The SMILES string of the molecule is COCCN(C(=O)/C=C/c1ccc(-c2ccccc2F)o1)c1c(N)n(CC(C)C)c(=O)[nH]c1=O. The molecule has 0 saturated heterocycles. The van der Waals surface area contributed by atoms with Crippen molar-refractivity contribution in [2.75, 3.05) is 30.9 Å². The van der Waals surface area contributed by atoms with E-state index in [0.29, 0.717) is 17.1 Å². The summed E-state index contributed by atoms with van der Waals surface area (Å²) in [5.41, 5.74) is 4.89. The van der Waals surface area contributed by atoms with Gasteiger partial charge in [-0.1, -0.05) is 26.0 Å². The molecule has 0 fully saturated rings. The van der Waals surface area contributed by atoms with Gasteiger partial charge < -0.3 is 14.9 Å². The van der Waals surface area contributed by atoms with Gasteiger partial charge in [-0.3, -0.25) is 24.0 Å². The van der Waals surface area contributed by atoms with Crippen molar-refractivity contribution < 1.29 is 18.3 Å². The Kier molecular flexibility index (Phi) is 7.85. The minimum atomic E-state index is -0.778. The maximum Gasteiger partial charge on any atom is 0.330 e. The largest absolute Gasteiger partial charge is 0.457 e. The highest BCUT2D eigenvalue weighted by atomic mass is 19.1. The minimum Gasteiger partial charge on any atom is -0.457 e. The van der Waals surface area contributed by atoms with Gasteiger partial charge in [0.25, 0.3) is 11.5 Å². The van der Waals surface area contributed by atoms with Gasteiger partial charge in [0.1, 0.15) is 23.2 Å². The Bertz CT molecular complexity index is 1310. The number of carbonyl (C=O) groups excluding carboxylic acids is 1. The van der Waals surface area contributed by atoms with Crippen molar-refractivity contribution in [2.45, 2.75) is 20.4 Å². The van der Waals surface area contributed by atoms with Gasteiger partial charge in [0.15, 0.2) is 5.69 Å². The Labute approximate surface area is 195 Å². The number of hydrogen-bond donors (Lipinski definition) is 2. The van der Waals surface area contributed by atoms with Gasteiger partial charge in [0, 0.05) is 26.3 Å². The first-order valence-electron chi connectivity index (χ1n) is 10.7. The molecule has 1 aromatic carbocycles. The summed E-state index contributed by atoms with van der Waals surface area (Å²) in [6, 6.07) is 9.36. The molecule has 0 spiro atoms. The molecule has 0 bridgehead atoms. The van der Waals surface area contributed by atoms with Gasteiger partial charge in [-0.05, 0) is 36.3 Å². The predicted molar refractivity (Wildman–Crippen MR) is 128 cm³/mol. The number of rotatable bonds is 9. The van der Waals surface area contributed by atoms with Crippen LogP contribution in [0.2, 0.25) is 0 Å². The third-order valence-corrected chi connectivity index (χ3v) is 4.97. The second-order valence-electron chi connectivity index (χ2n) is 8.00. The van der Waals surface area contributed by atoms with E-state index in [1.54, 1.807) is 30.3 Å². The van der Waals surface area contributed by atoms with Crippen LogP contribution in [0.15, 0.2) is 56.5 Å². The van der Waals surface area contributed by atoms with Crippen molar-refractivity contribution >= 4 is 23.5 Å². The van der Waals surface area contributed by atoms with Crippen molar-refractivity contribution in [1.82, 2.24) is 9.55 Å². The molecule has 0 aliphatic carbocycles. The molecular formula is C24H27FN4O5. The summed E-state index contributed by atoms with van der Waals surface area (Å²) in [6.45, 7) is 4.20. The monoisotopic (exact) mass is 470 g/mol. The number of halogens is 1. The van der Waals surface area contributed by atoms with Crippen molar-refractivity contribution in [3.63, 3.8) is 0 Å². The molecule has 0 aliphatic rings. The van der Waals surface area contributed by atoms with E-state index in [4.69, 9.17) is 14.9 Å². The van der Waals surface area contributed by atoms with Gasteiger partial charge in [0.2, 0.25) is 0 Å². The van der Waals surface area contributed by atoms with Gasteiger partial charge in [-0.2, -0.15) is 0 Å². The Morgan fingerprint density at radius 2 is 2.00 bits per heavy atom. The van der Waals surface area contributed by atoms with E-state index in [1.807, 2.05) is 13.8 Å². The fourth-order valence-electron chi connectivity index (χ4n) is 3.39. The molecule has 3 aromatic rings. The molecule has 2 aromatic heterocycles. The van der Waals surface area contributed by atoms with Crippen LogP contribution in [0, 0.1) is 11.7 Å². The zero-order chi connectivity index (χ0) is 24.8. The lowest BCUT2D eigenvalue weighted by molar-refractivity contribution is -0.114. The minimum absolute atomic E-state index is 0.0193. The van der Waals surface area contributed by atoms with Crippen molar-refractivity contribution in [3.8, 4) is 11.3 Å². The number of nitrogens with one attached hydrogen (secondary N) is 1. The molecule has 0 unspecified atom stereocenters. The summed E-state index contributed by atoms with van der Waals surface area (Å²) in [5, 5.41) is 0. The van der Waals surface area contributed by atoms with Crippen LogP contribution in [0.1, 0.15) is 19.6 Å². The zero-order valence-corrected chi connectivity index (χ0v) is 19.2. The number of H-pyrrole nitrogens is 1. The Morgan fingerprint density at radius 1 is 1.26 bits per heavy atom. The smallest absolute Gasteiger partial charge is 0.330 e. The highest BCUT2D eigenvalue weighted by Crippen LogP contribution is 2.25. The second kappa shape index (κ2) is 10.8. The van der Waals surface area contributed by atoms with Crippen LogP contribution in [-0.2, 0) is 16.1 Å². The average molecular weight is 471 g/mol. The fraction of sp³-hybridized carbons (Fsp3) is 0.292. The van der Waals surface area contributed by atoms with Gasteiger partial charge >= 0.3 is 5.69 Å². The third kappa shape index (κ3) is 5.52. The maximum absolute atomic E-state index is 14.0. The molecule has 9 nitrogen and oxygen atoms in total. The number of hydrogen-bond acceptors (Lipinski definition) is 6.